The molecular formula is C14H26N2O3. The molecule has 0 bridgehead atoms. The van der Waals surface area contributed by atoms with E-state index in [1.54, 1.807) is 0 Å². The Morgan fingerprint density at radius 1 is 1.37 bits per heavy atom. The van der Waals surface area contributed by atoms with Crippen LogP contribution in [0.2, 0.25) is 0 Å². The van der Waals surface area contributed by atoms with Crippen LogP contribution in [-0.4, -0.2) is 49.6 Å². The zero-order chi connectivity index (χ0) is 14.4. The molecule has 0 aromatic heterocycles. The van der Waals surface area contributed by atoms with E-state index in [0.29, 0.717) is 12.5 Å². The maximum Gasteiger partial charge on any atom is 0.322 e. The standard InChI is InChI=1S/C14H26N2O3/c1-10(2)13(17)15-8-12-6-5-7-16(9-12)11(3)14(18)19-4/h10-12H,5-9H2,1-4H3,(H,15,17). The van der Waals surface area contributed by atoms with Crippen LogP contribution in [0.3, 0.4) is 0 Å². The zero-order valence-electron chi connectivity index (χ0n) is 12.4. The Balaban J connectivity index is 2.42. The average Bonchev–Trinajstić information content (AvgIpc) is 2.43. The van der Waals surface area contributed by atoms with Crippen LogP contribution in [0.15, 0.2) is 0 Å². The third kappa shape index (κ3) is 4.82. The predicted molar refractivity (Wildman–Crippen MR) is 73.6 cm³/mol. The minimum Gasteiger partial charge on any atom is -0.468 e. The highest BCUT2D eigenvalue weighted by molar-refractivity contribution is 5.77. The quantitative estimate of drug-likeness (QED) is 0.758. The lowest BCUT2D eigenvalue weighted by atomic mass is 9.96. The van der Waals surface area contributed by atoms with Crippen LogP contribution in [0.25, 0.3) is 0 Å². The fraction of sp³-hybridized carbons (Fsp3) is 0.857. The number of carbonyl (C=O) groups excluding carboxylic acids is 2. The Morgan fingerprint density at radius 3 is 2.63 bits per heavy atom. The van der Waals surface area contributed by atoms with E-state index in [-0.39, 0.29) is 23.8 Å². The molecule has 0 spiro atoms. The lowest BCUT2D eigenvalue weighted by molar-refractivity contribution is -0.147. The van der Waals surface area contributed by atoms with Crippen molar-refractivity contribution in [3.05, 3.63) is 0 Å². The van der Waals surface area contributed by atoms with Crippen LogP contribution in [0.5, 0.6) is 0 Å². The van der Waals surface area contributed by atoms with Crippen molar-refractivity contribution in [3.8, 4) is 0 Å². The number of esters is 1. The molecule has 0 aliphatic carbocycles. The van der Waals surface area contributed by atoms with E-state index < -0.39 is 0 Å². The van der Waals surface area contributed by atoms with E-state index in [2.05, 4.69) is 10.2 Å². The number of piperidine rings is 1. The molecule has 5 nitrogen and oxygen atoms in total. The molecule has 5 heteroatoms. The van der Waals surface area contributed by atoms with E-state index in [9.17, 15) is 9.59 Å². The Hall–Kier alpha value is -1.10. The second-order valence-corrected chi connectivity index (χ2v) is 5.60. The number of nitrogens with zero attached hydrogens (tertiary/aromatic N) is 1. The van der Waals surface area contributed by atoms with Crippen molar-refractivity contribution in [1.29, 1.82) is 0 Å². The summed E-state index contributed by atoms with van der Waals surface area (Å²) >= 11 is 0. The summed E-state index contributed by atoms with van der Waals surface area (Å²) in [7, 11) is 1.42. The van der Waals surface area contributed by atoms with Gasteiger partial charge in [-0.2, -0.15) is 0 Å². The third-order valence-electron chi connectivity index (χ3n) is 3.73. The van der Waals surface area contributed by atoms with Crippen LogP contribution in [0, 0.1) is 11.8 Å². The molecule has 110 valence electrons. The number of amides is 1. The van der Waals surface area contributed by atoms with Crippen LogP contribution in [0.4, 0.5) is 0 Å². The normalized spacial score (nSPS) is 22.1. The van der Waals surface area contributed by atoms with Gasteiger partial charge >= 0.3 is 5.97 Å². The van der Waals surface area contributed by atoms with E-state index in [0.717, 1.165) is 25.9 Å². The first-order valence-electron chi connectivity index (χ1n) is 7.05. The zero-order valence-corrected chi connectivity index (χ0v) is 12.4. The highest BCUT2D eigenvalue weighted by Gasteiger charge is 2.28. The summed E-state index contributed by atoms with van der Waals surface area (Å²) in [6.07, 6.45) is 2.16. The minimum absolute atomic E-state index is 0.0219. The summed E-state index contributed by atoms with van der Waals surface area (Å²) in [5.41, 5.74) is 0. The van der Waals surface area contributed by atoms with Gasteiger partial charge in [-0.3, -0.25) is 14.5 Å². The molecule has 1 fully saturated rings. The second-order valence-electron chi connectivity index (χ2n) is 5.60. The minimum atomic E-state index is -0.200. The van der Waals surface area contributed by atoms with Crippen LogP contribution < -0.4 is 5.32 Å². The number of likely N-dealkylation sites (tertiary alicyclic amines) is 1. The Kier molecular flexibility index (Phi) is 6.28. The third-order valence-corrected chi connectivity index (χ3v) is 3.73. The Bertz CT molecular complexity index is 318. The van der Waals surface area contributed by atoms with E-state index in [1.165, 1.54) is 7.11 Å². The van der Waals surface area contributed by atoms with Gasteiger partial charge in [-0.1, -0.05) is 13.8 Å². The van der Waals surface area contributed by atoms with Crippen LogP contribution in [-0.2, 0) is 14.3 Å². The molecule has 1 N–H and O–H groups in total. The number of carbonyl (C=O) groups is 2. The van der Waals surface area contributed by atoms with Gasteiger partial charge in [0.1, 0.15) is 6.04 Å². The summed E-state index contributed by atoms with van der Waals surface area (Å²) in [5.74, 6) is 0.349. The molecule has 0 aromatic carbocycles. The lowest BCUT2D eigenvalue weighted by Gasteiger charge is -2.35. The van der Waals surface area contributed by atoms with Gasteiger partial charge < -0.3 is 10.1 Å². The van der Waals surface area contributed by atoms with Gasteiger partial charge in [0.05, 0.1) is 7.11 Å². The van der Waals surface area contributed by atoms with Crippen molar-refractivity contribution >= 4 is 11.9 Å². The number of hydrogen-bond acceptors (Lipinski definition) is 4. The maximum absolute atomic E-state index is 11.6. The molecule has 0 aromatic rings. The largest absolute Gasteiger partial charge is 0.468 e. The van der Waals surface area contributed by atoms with Gasteiger partial charge in [-0.25, -0.2) is 0 Å². The van der Waals surface area contributed by atoms with Gasteiger partial charge in [0, 0.05) is 19.0 Å². The highest BCUT2D eigenvalue weighted by atomic mass is 16.5. The number of methoxy groups -OCH3 is 1. The van der Waals surface area contributed by atoms with Crippen LogP contribution in [0.1, 0.15) is 33.6 Å². The summed E-state index contributed by atoms with van der Waals surface area (Å²) in [6.45, 7) is 8.12. The first-order valence-corrected chi connectivity index (χ1v) is 7.05. The summed E-state index contributed by atoms with van der Waals surface area (Å²) < 4.78 is 4.78. The number of hydrogen-bond donors (Lipinski definition) is 1. The first-order chi connectivity index (χ1) is 8.95. The molecule has 2 unspecified atom stereocenters. The molecule has 2 atom stereocenters. The molecule has 1 heterocycles. The highest BCUT2D eigenvalue weighted by Crippen LogP contribution is 2.18. The van der Waals surface area contributed by atoms with Crippen molar-refractivity contribution in [2.24, 2.45) is 11.8 Å². The molecule has 1 amide bonds. The molecular weight excluding hydrogens is 244 g/mol. The van der Waals surface area contributed by atoms with E-state index in [1.807, 2.05) is 20.8 Å². The maximum atomic E-state index is 11.6. The van der Waals surface area contributed by atoms with Crippen molar-refractivity contribution in [1.82, 2.24) is 10.2 Å². The van der Waals surface area contributed by atoms with Gasteiger partial charge in [-0.05, 0) is 32.2 Å². The summed E-state index contributed by atoms with van der Waals surface area (Å²) in [6, 6.07) is -0.200. The SMILES string of the molecule is COC(=O)C(C)N1CCCC(CNC(=O)C(C)C)C1. The van der Waals surface area contributed by atoms with E-state index >= 15 is 0 Å². The van der Waals surface area contributed by atoms with Crippen molar-refractivity contribution in [2.45, 2.75) is 39.7 Å². The topological polar surface area (TPSA) is 58.6 Å². The van der Waals surface area contributed by atoms with E-state index in [4.69, 9.17) is 4.74 Å². The van der Waals surface area contributed by atoms with Gasteiger partial charge in [0.2, 0.25) is 5.91 Å². The fourth-order valence-corrected chi connectivity index (χ4v) is 2.38. The Morgan fingerprint density at radius 2 is 2.05 bits per heavy atom. The second kappa shape index (κ2) is 7.48. The van der Waals surface area contributed by atoms with Crippen molar-refractivity contribution in [2.75, 3.05) is 26.7 Å². The smallest absolute Gasteiger partial charge is 0.322 e. The Labute approximate surface area is 115 Å². The summed E-state index contributed by atoms with van der Waals surface area (Å²) in [4.78, 5) is 25.2. The monoisotopic (exact) mass is 270 g/mol. The molecule has 19 heavy (non-hydrogen) atoms. The van der Waals surface area contributed by atoms with Crippen molar-refractivity contribution in [3.63, 3.8) is 0 Å². The fourth-order valence-electron chi connectivity index (χ4n) is 2.38. The van der Waals surface area contributed by atoms with Gasteiger partial charge in [0.15, 0.2) is 0 Å². The molecule has 0 saturated carbocycles. The van der Waals surface area contributed by atoms with Crippen molar-refractivity contribution < 1.29 is 14.3 Å². The van der Waals surface area contributed by atoms with Gasteiger partial charge in [0.25, 0.3) is 0 Å². The van der Waals surface area contributed by atoms with Crippen LogP contribution >= 0.6 is 0 Å². The van der Waals surface area contributed by atoms with Gasteiger partial charge in [-0.15, -0.1) is 0 Å². The lowest BCUT2D eigenvalue weighted by Crippen LogP contribution is -2.48. The molecule has 1 saturated heterocycles. The molecule has 0 radical (unpaired) electrons. The molecule has 1 aliphatic rings. The number of nitrogens with one attached hydrogen (secondary N) is 1. The summed E-state index contributed by atoms with van der Waals surface area (Å²) in [5, 5.41) is 2.97. The molecule has 1 rings (SSSR count). The molecule has 1 aliphatic heterocycles. The first kappa shape index (κ1) is 16.0. The average molecular weight is 270 g/mol. The number of rotatable bonds is 5. The number of ether oxygens (including phenoxy) is 1. The predicted octanol–water partition coefficient (Wildman–Crippen LogP) is 1.03.